The molecule has 94 valence electrons. The van der Waals surface area contributed by atoms with Gasteiger partial charge in [0.1, 0.15) is 0 Å². The van der Waals surface area contributed by atoms with Crippen LogP contribution in [0, 0.1) is 0 Å². The Balaban J connectivity index is 3.47. The van der Waals surface area contributed by atoms with Crippen molar-refractivity contribution in [1.82, 2.24) is 5.32 Å². The van der Waals surface area contributed by atoms with Gasteiger partial charge in [0, 0.05) is 12.5 Å². The Labute approximate surface area is 96.4 Å². The van der Waals surface area contributed by atoms with Gasteiger partial charge in [-0.3, -0.25) is 9.59 Å². The summed E-state index contributed by atoms with van der Waals surface area (Å²) < 4.78 is 0. The Bertz CT molecular complexity index is 219. The van der Waals surface area contributed by atoms with Crippen LogP contribution in [0.15, 0.2) is 0 Å². The number of hydrogen-bond acceptors (Lipinski definition) is 3. The van der Waals surface area contributed by atoms with Crippen molar-refractivity contribution in [2.75, 3.05) is 6.54 Å². The number of carboxylic acids is 1. The molecule has 0 fully saturated rings. The molecule has 0 rings (SSSR count). The van der Waals surface area contributed by atoms with Gasteiger partial charge in [-0.15, -0.1) is 0 Å². The summed E-state index contributed by atoms with van der Waals surface area (Å²) in [6.45, 7) is 2.39. The topological polar surface area (TPSA) is 92.4 Å². The number of hydrogen-bond donors (Lipinski definition) is 3. The van der Waals surface area contributed by atoms with E-state index in [-0.39, 0.29) is 18.4 Å². The number of nitrogens with one attached hydrogen (secondary N) is 1. The molecule has 0 heterocycles. The van der Waals surface area contributed by atoms with E-state index in [9.17, 15) is 9.59 Å². The summed E-state index contributed by atoms with van der Waals surface area (Å²) in [7, 11) is 0. The normalized spacial score (nSPS) is 12.1. The van der Waals surface area contributed by atoms with Gasteiger partial charge in [-0.05, 0) is 26.3 Å². The largest absolute Gasteiger partial charge is 0.481 e. The zero-order chi connectivity index (χ0) is 12.4. The van der Waals surface area contributed by atoms with E-state index in [0.29, 0.717) is 13.0 Å². The second-order valence-electron chi connectivity index (χ2n) is 4.02. The fraction of sp³-hybridized carbons (Fsp3) is 0.818. The van der Waals surface area contributed by atoms with Gasteiger partial charge in [0.2, 0.25) is 5.91 Å². The standard InChI is InChI=1S/C11H22N2O3/c1-9(8-11(15)16)13-10(14)6-4-2-3-5-7-12/h9H,2-8,12H2,1H3,(H,13,14)(H,15,16). The molecule has 1 unspecified atom stereocenters. The third kappa shape index (κ3) is 9.45. The number of rotatable bonds is 9. The molecule has 1 amide bonds. The van der Waals surface area contributed by atoms with Crippen LogP contribution in [0.2, 0.25) is 0 Å². The molecule has 0 aromatic heterocycles. The van der Waals surface area contributed by atoms with E-state index in [0.717, 1.165) is 25.7 Å². The molecule has 0 bridgehead atoms. The van der Waals surface area contributed by atoms with E-state index in [1.54, 1.807) is 6.92 Å². The highest BCUT2D eigenvalue weighted by Gasteiger charge is 2.10. The van der Waals surface area contributed by atoms with Gasteiger partial charge in [0.05, 0.1) is 6.42 Å². The summed E-state index contributed by atoms with van der Waals surface area (Å²) in [5, 5.41) is 11.2. The Morgan fingerprint density at radius 1 is 1.25 bits per heavy atom. The van der Waals surface area contributed by atoms with Crippen LogP contribution in [-0.2, 0) is 9.59 Å². The smallest absolute Gasteiger partial charge is 0.305 e. The third-order valence-corrected chi connectivity index (χ3v) is 2.25. The highest BCUT2D eigenvalue weighted by molar-refractivity contribution is 5.77. The third-order valence-electron chi connectivity index (χ3n) is 2.25. The predicted molar refractivity (Wildman–Crippen MR) is 62.0 cm³/mol. The summed E-state index contributed by atoms with van der Waals surface area (Å²) in [5.74, 6) is -0.961. The monoisotopic (exact) mass is 230 g/mol. The van der Waals surface area contributed by atoms with Crippen molar-refractivity contribution in [1.29, 1.82) is 0 Å². The molecule has 5 heteroatoms. The van der Waals surface area contributed by atoms with E-state index < -0.39 is 5.97 Å². The van der Waals surface area contributed by atoms with Gasteiger partial charge < -0.3 is 16.2 Å². The van der Waals surface area contributed by atoms with Crippen LogP contribution < -0.4 is 11.1 Å². The van der Waals surface area contributed by atoms with E-state index in [1.807, 2.05) is 0 Å². The lowest BCUT2D eigenvalue weighted by molar-refractivity contribution is -0.137. The zero-order valence-electron chi connectivity index (χ0n) is 9.87. The average molecular weight is 230 g/mol. The molecule has 0 radical (unpaired) electrons. The molecule has 0 aliphatic carbocycles. The van der Waals surface area contributed by atoms with Gasteiger partial charge in [0.25, 0.3) is 0 Å². The minimum atomic E-state index is -0.893. The van der Waals surface area contributed by atoms with Crippen molar-refractivity contribution in [2.45, 2.75) is 51.5 Å². The summed E-state index contributed by atoms with van der Waals surface area (Å²) >= 11 is 0. The molecular formula is C11H22N2O3. The van der Waals surface area contributed by atoms with Crippen LogP contribution in [0.1, 0.15) is 45.4 Å². The Hall–Kier alpha value is -1.10. The Morgan fingerprint density at radius 3 is 2.44 bits per heavy atom. The highest BCUT2D eigenvalue weighted by Crippen LogP contribution is 2.02. The summed E-state index contributed by atoms with van der Waals surface area (Å²) in [5.41, 5.74) is 5.35. The summed E-state index contributed by atoms with van der Waals surface area (Å²) in [6, 6.07) is -0.297. The number of carbonyl (C=O) groups is 2. The van der Waals surface area contributed by atoms with Crippen LogP contribution in [0.4, 0.5) is 0 Å². The van der Waals surface area contributed by atoms with Gasteiger partial charge in [0.15, 0.2) is 0 Å². The van der Waals surface area contributed by atoms with Gasteiger partial charge in [-0.2, -0.15) is 0 Å². The van der Waals surface area contributed by atoms with Crippen LogP contribution in [0.3, 0.4) is 0 Å². The molecule has 1 atom stereocenters. The second-order valence-corrected chi connectivity index (χ2v) is 4.02. The molecule has 0 aliphatic rings. The maximum absolute atomic E-state index is 11.3. The molecule has 0 aromatic rings. The Kier molecular flexibility index (Phi) is 8.52. The number of carbonyl (C=O) groups excluding carboxylic acids is 1. The quantitative estimate of drug-likeness (QED) is 0.512. The average Bonchev–Trinajstić information content (AvgIpc) is 2.15. The number of aliphatic carboxylic acids is 1. The van der Waals surface area contributed by atoms with Gasteiger partial charge in [-0.25, -0.2) is 0 Å². The van der Waals surface area contributed by atoms with Gasteiger partial charge in [-0.1, -0.05) is 12.8 Å². The maximum Gasteiger partial charge on any atom is 0.305 e. The lowest BCUT2D eigenvalue weighted by atomic mass is 10.1. The van der Waals surface area contributed by atoms with Crippen molar-refractivity contribution in [2.24, 2.45) is 5.73 Å². The highest BCUT2D eigenvalue weighted by atomic mass is 16.4. The summed E-state index contributed by atoms with van der Waals surface area (Å²) in [6.07, 6.45) is 4.32. The molecule has 0 aliphatic heterocycles. The first-order valence-electron chi connectivity index (χ1n) is 5.77. The van der Waals surface area contributed by atoms with E-state index >= 15 is 0 Å². The van der Waals surface area contributed by atoms with Crippen molar-refractivity contribution < 1.29 is 14.7 Å². The van der Waals surface area contributed by atoms with Crippen LogP contribution >= 0.6 is 0 Å². The zero-order valence-corrected chi connectivity index (χ0v) is 9.87. The molecule has 0 saturated carbocycles. The molecule has 0 saturated heterocycles. The van der Waals surface area contributed by atoms with Crippen molar-refractivity contribution in [3.05, 3.63) is 0 Å². The molecule has 4 N–H and O–H groups in total. The fourth-order valence-corrected chi connectivity index (χ4v) is 1.44. The lowest BCUT2D eigenvalue weighted by Gasteiger charge is -2.11. The maximum atomic E-state index is 11.3. The number of unbranched alkanes of at least 4 members (excludes halogenated alkanes) is 3. The second kappa shape index (κ2) is 9.15. The van der Waals surface area contributed by atoms with E-state index in [4.69, 9.17) is 10.8 Å². The van der Waals surface area contributed by atoms with Crippen molar-refractivity contribution in [3.63, 3.8) is 0 Å². The first kappa shape index (κ1) is 14.9. The number of nitrogens with two attached hydrogens (primary N) is 1. The minimum absolute atomic E-state index is 0.0289. The first-order valence-corrected chi connectivity index (χ1v) is 5.77. The summed E-state index contributed by atoms with van der Waals surface area (Å²) in [4.78, 5) is 21.7. The Morgan fingerprint density at radius 2 is 1.88 bits per heavy atom. The minimum Gasteiger partial charge on any atom is -0.481 e. The SMILES string of the molecule is CC(CC(=O)O)NC(=O)CCCCCCN. The van der Waals surface area contributed by atoms with Crippen molar-refractivity contribution >= 4 is 11.9 Å². The number of carboxylic acid groups (broad SMARTS) is 1. The molecular weight excluding hydrogens is 208 g/mol. The first-order chi connectivity index (χ1) is 7.56. The lowest BCUT2D eigenvalue weighted by Crippen LogP contribution is -2.33. The van der Waals surface area contributed by atoms with Crippen LogP contribution in [-0.4, -0.2) is 29.6 Å². The van der Waals surface area contributed by atoms with Crippen molar-refractivity contribution in [3.8, 4) is 0 Å². The van der Waals surface area contributed by atoms with Crippen LogP contribution in [0.25, 0.3) is 0 Å². The molecule has 0 aromatic carbocycles. The van der Waals surface area contributed by atoms with Crippen LogP contribution in [0.5, 0.6) is 0 Å². The molecule has 5 nitrogen and oxygen atoms in total. The number of amides is 1. The van der Waals surface area contributed by atoms with Gasteiger partial charge >= 0.3 is 5.97 Å². The van der Waals surface area contributed by atoms with E-state index in [1.165, 1.54) is 0 Å². The predicted octanol–water partition coefficient (Wildman–Crippen LogP) is 0.875. The molecule has 16 heavy (non-hydrogen) atoms. The van der Waals surface area contributed by atoms with E-state index in [2.05, 4.69) is 5.32 Å². The fourth-order valence-electron chi connectivity index (χ4n) is 1.44. The molecule has 0 spiro atoms.